The number of hydrogen-bond donors (Lipinski definition) is 1. The van der Waals surface area contributed by atoms with Crippen molar-refractivity contribution in [3.63, 3.8) is 0 Å². The molecule has 1 aliphatic carbocycles. The van der Waals surface area contributed by atoms with Gasteiger partial charge >= 0.3 is 6.18 Å². The van der Waals surface area contributed by atoms with Crippen LogP contribution in [0.4, 0.5) is 13.2 Å². The Kier molecular flexibility index (Phi) is 4.17. The van der Waals surface area contributed by atoms with Crippen LogP contribution in [0.25, 0.3) is 0 Å². The van der Waals surface area contributed by atoms with Crippen LogP contribution in [0.5, 0.6) is 0 Å². The summed E-state index contributed by atoms with van der Waals surface area (Å²) in [6.07, 6.45) is -0.914. The van der Waals surface area contributed by atoms with Gasteiger partial charge in [-0.2, -0.15) is 13.2 Å². The smallest absolute Gasteiger partial charge is 0.338 e. The Hall–Kier alpha value is -0.780. The Balaban J connectivity index is 1.59. The molecule has 2 aliphatic heterocycles. The van der Waals surface area contributed by atoms with Crippen molar-refractivity contribution in [2.75, 3.05) is 19.6 Å². The van der Waals surface area contributed by atoms with Gasteiger partial charge < -0.3 is 10.2 Å². The van der Waals surface area contributed by atoms with Gasteiger partial charge in [-0.15, -0.1) is 0 Å². The topological polar surface area (TPSA) is 32.3 Å². The van der Waals surface area contributed by atoms with Crippen LogP contribution < -0.4 is 5.32 Å². The number of nitrogens with one attached hydrogen (secondary N) is 1. The van der Waals surface area contributed by atoms with Gasteiger partial charge in [-0.1, -0.05) is 0 Å². The number of piperidine rings is 1. The first kappa shape index (κ1) is 15.1. The summed E-state index contributed by atoms with van der Waals surface area (Å²) in [5.41, 5.74) is 0. The summed E-state index contributed by atoms with van der Waals surface area (Å²) in [5, 5.41) is 3.34. The molecule has 6 heteroatoms. The Labute approximate surface area is 123 Å². The first-order chi connectivity index (χ1) is 9.97. The molecule has 0 spiro atoms. The third kappa shape index (κ3) is 3.05. The minimum absolute atomic E-state index is 0.106. The zero-order valence-electron chi connectivity index (χ0n) is 12.2. The first-order valence-electron chi connectivity index (χ1n) is 8.04. The second-order valence-electron chi connectivity index (χ2n) is 6.75. The van der Waals surface area contributed by atoms with Crippen molar-refractivity contribution in [1.82, 2.24) is 10.2 Å². The van der Waals surface area contributed by atoms with Crippen LogP contribution in [0.1, 0.15) is 38.5 Å². The fraction of sp³-hybridized carbons (Fsp3) is 0.933. The molecule has 3 fully saturated rings. The molecular formula is C15H23F3N2O. The molecule has 2 atom stereocenters. The van der Waals surface area contributed by atoms with E-state index in [2.05, 4.69) is 5.32 Å². The van der Waals surface area contributed by atoms with Gasteiger partial charge in [0.1, 0.15) is 0 Å². The lowest BCUT2D eigenvalue weighted by molar-refractivity contribution is -0.185. The fourth-order valence-electron chi connectivity index (χ4n) is 4.24. The largest absolute Gasteiger partial charge is 0.391 e. The first-order valence-corrected chi connectivity index (χ1v) is 8.04. The Morgan fingerprint density at radius 2 is 1.76 bits per heavy atom. The standard InChI is InChI=1S/C15H23F3N2O/c16-15(17,18)12-5-3-10(4-6-12)14(21)20-7-1-2-11-8-19-9-13(11)20/h10-13,19H,1-9H2. The maximum absolute atomic E-state index is 12.7. The average Bonchev–Trinajstić information content (AvgIpc) is 2.94. The van der Waals surface area contributed by atoms with Gasteiger partial charge in [0.15, 0.2) is 0 Å². The van der Waals surface area contributed by atoms with Crippen molar-refractivity contribution in [2.24, 2.45) is 17.8 Å². The molecule has 1 N–H and O–H groups in total. The summed E-state index contributed by atoms with van der Waals surface area (Å²) in [7, 11) is 0. The lowest BCUT2D eigenvalue weighted by Gasteiger charge is -2.40. The van der Waals surface area contributed by atoms with Crippen molar-refractivity contribution in [1.29, 1.82) is 0 Å². The van der Waals surface area contributed by atoms with E-state index in [0.717, 1.165) is 32.5 Å². The quantitative estimate of drug-likeness (QED) is 0.807. The molecule has 0 bridgehead atoms. The van der Waals surface area contributed by atoms with Crippen molar-refractivity contribution < 1.29 is 18.0 Å². The van der Waals surface area contributed by atoms with Gasteiger partial charge in [0.05, 0.1) is 5.92 Å². The van der Waals surface area contributed by atoms with Crippen molar-refractivity contribution in [2.45, 2.75) is 50.7 Å². The van der Waals surface area contributed by atoms with Gasteiger partial charge in [0.2, 0.25) is 5.91 Å². The molecule has 1 amide bonds. The maximum Gasteiger partial charge on any atom is 0.391 e. The zero-order chi connectivity index (χ0) is 15.0. The van der Waals surface area contributed by atoms with Crippen LogP contribution >= 0.6 is 0 Å². The molecule has 3 aliphatic rings. The average molecular weight is 304 g/mol. The molecule has 2 saturated heterocycles. The third-order valence-corrected chi connectivity index (χ3v) is 5.50. The molecule has 2 unspecified atom stereocenters. The minimum atomic E-state index is -4.10. The molecule has 0 radical (unpaired) electrons. The van der Waals surface area contributed by atoms with Crippen molar-refractivity contribution in [3.05, 3.63) is 0 Å². The van der Waals surface area contributed by atoms with Crippen LogP contribution in [-0.2, 0) is 4.79 Å². The number of carbonyl (C=O) groups excluding carboxylic acids is 1. The highest BCUT2D eigenvalue weighted by Crippen LogP contribution is 2.40. The molecule has 2 heterocycles. The van der Waals surface area contributed by atoms with Crippen molar-refractivity contribution in [3.8, 4) is 0 Å². The lowest BCUT2D eigenvalue weighted by atomic mass is 9.80. The molecule has 3 rings (SSSR count). The summed E-state index contributed by atoms with van der Waals surface area (Å²) in [6, 6.07) is 0.270. The SMILES string of the molecule is O=C(C1CCC(C(F)(F)F)CC1)N1CCCC2CNCC21. The second-order valence-corrected chi connectivity index (χ2v) is 6.75. The second kappa shape index (κ2) is 5.78. The normalized spacial score (nSPS) is 37.4. The highest BCUT2D eigenvalue weighted by molar-refractivity contribution is 5.79. The number of hydrogen-bond acceptors (Lipinski definition) is 2. The fourth-order valence-corrected chi connectivity index (χ4v) is 4.24. The Morgan fingerprint density at radius 3 is 2.43 bits per heavy atom. The summed E-state index contributed by atoms with van der Waals surface area (Å²) in [5.74, 6) is -0.755. The van der Waals surface area contributed by atoms with E-state index in [0.29, 0.717) is 18.8 Å². The van der Waals surface area contributed by atoms with E-state index in [1.54, 1.807) is 0 Å². The monoisotopic (exact) mass is 304 g/mol. The summed E-state index contributed by atoms with van der Waals surface area (Å²) >= 11 is 0. The van der Waals surface area contributed by atoms with Crippen LogP contribution in [0.3, 0.4) is 0 Å². The van der Waals surface area contributed by atoms with E-state index in [-0.39, 0.29) is 30.7 Å². The lowest BCUT2D eigenvalue weighted by Crippen LogP contribution is -2.51. The van der Waals surface area contributed by atoms with E-state index < -0.39 is 12.1 Å². The number of nitrogens with zero attached hydrogens (tertiary/aromatic N) is 1. The molecule has 0 aromatic rings. The van der Waals surface area contributed by atoms with Crippen LogP contribution in [0, 0.1) is 17.8 Å². The maximum atomic E-state index is 12.7. The highest BCUT2D eigenvalue weighted by Gasteiger charge is 2.44. The summed E-state index contributed by atoms with van der Waals surface area (Å²) < 4.78 is 38.1. The van der Waals surface area contributed by atoms with E-state index in [9.17, 15) is 18.0 Å². The number of amides is 1. The number of alkyl halides is 3. The molecule has 0 aromatic heterocycles. The number of likely N-dealkylation sites (tertiary alicyclic amines) is 1. The summed E-state index contributed by atoms with van der Waals surface area (Å²) in [4.78, 5) is 14.6. The van der Waals surface area contributed by atoms with Crippen molar-refractivity contribution >= 4 is 5.91 Å². The molecular weight excluding hydrogens is 281 g/mol. The predicted molar refractivity (Wildman–Crippen MR) is 72.6 cm³/mol. The van der Waals surface area contributed by atoms with Gasteiger partial charge in [-0.3, -0.25) is 4.79 Å². The number of carbonyl (C=O) groups is 1. The van der Waals surface area contributed by atoms with Gasteiger partial charge in [-0.05, 0) is 44.4 Å². The Morgan fingerprint density at radius 1 is 1.05 bits per heavy atom. The number of rotatable bonds is 1. The number of fused-ring (bicyclic) bond motifs is 1. The van der Waals surface area contributed by atoms with E-state index >= 15 is 0 Å². The van der Waals surface area contributed by atoms with Crippen LogP contribution in [-0.4, -0.2) is 42.7 Å². The zero-order valence-corrected chi connectivity index (χ0v) is 12.2. The molecule has 120 valence electrons. The minimum Gasteiger partial charge on any atom is -0.338 e. The molecule has 1 saturated carbocycles. The molecule has 3 nitrogen and oxygen atoms in total. The van der Waals surface area contributed by atoms with Crippen LogP contribution in [0.2, 0.25) is 0 Å². The van der Waals surface area contributed by atoms with E-state index in [1.165, 1.54) is 0 Å². The van der Waals surface area contributed by atoms with Gasteiger partial charge in [0, 0.05) is 31.6 Å². The highest BCUT2D eigenvalue weighted by atomic mass is 19.4. The number of halogens is 3. The third-order valence-electron chi connectivity index (χ3n) is 5.50. The van der Waals surface area contributed by atoms with E-state index in [1.807, 2.05) is 4.90 Å². The van der Waals surface area contributed by atoms with E-state index in [4.69, 9.17) is 0 Å². The van der Waals surface area contributed by atoms with Crippen LogP contribution in [0.15, 0.2) is 0 Å². The Bertz CT molecular complexity index is 391. The van der Waals surface area contributed by atoms with Gasteiger partial charge in [0.25, 0.3) is 0 Å². The molecule has 0 aromatic carbocycles. The van der Waals surface area contributed by atoms with Gasteiger partial charge in [-0.25, -0.2) is 0 Å². The summed E-state index contributed by atoms with van der Waals surface area (Å²) in [6.45, 7) is 2.59. The predicted octanol–water partition coefficient (Wildman–Crippen LogP) is 2.57. The molecule has 21 heavy (non-hydrogen) atoms.